The van der Waals surface area contributed by atoms with Gasteiger partial charge in [0.05, 0.1) is 0 Å². The molecule has 0 saturated heterocycles. The summed E-state index contributed by atoms with van der Waals surface area (Å²) in [6.45, 7) is 17.0. The Kier molecular flexibility index (Phi) is 13.2. The monoisotopic (exact) mass is 865 g/mol. The molecule has 2 N–H and O–H groups in total. The van der Waals surface area contributed by atoms with E-state index in [0.717, 1.165) is 70.2 Å². The fraction of sp³-hybridized carbons (Fsp3) is 0.375. The number of carbonyl (C=O) groups is 2. The van der Waals surface area contributed by atoms with Crippen molar-refractivity contribution in [3.63, 3.8) is 0 Å². The van der Waals surface area contributed by atoms with Gasteiger partial charge in [-0.25, -0.2) is 0 Å². The van der Waals surface area contributed by atoms with Crippen molar-refractivity contribution < 1.29 is 25.8 Å². The maximum absolute atomic E-state index is 13.7. The molecule has 0 radical (unpaired) electrons. The Labute approximate surface area is 344 Å². The molecule has 4 aromatic carbocycles. The van der Waals surface area contributed by atoms with E-state index in [2.05, 4.69) is 149 Å². The zero-order valence-electron chi connectivity index (χ0n) is 34.4. The molecule has 4 nitrogen and oxygen atoms in total. The number of halogens is 2. The number of hydrogen-bond donors (Lipinski definition) is 2. The van der Waals surface area contributed by atoms with Gasteiger partial charge < -0.3 is 0 Å². The van der Waals surface area contributed by atoms with Gasteiger partial charge in [-0.3, -0.25) is 0 Å². The third-order valence-corrected chi connectivity index (χ3v) is 31.8. The normalized spacial score (nSPS) is 16.8. The van der Waals surface area contributed by atoms with Crippen LogP contribution in [0.5, 0.6) is 0 Å². The number of allylic oxidation sites excluding steroid dienone is 2. The van der Waals surface area contributed by atoms with Crippen molar-refractivity contribution in [2.24, 2.45) is 11.8 Å². The molecule has 2 aliphatic rings. The summed E-state index contributed by atoms with van der Waals surface area (Å²) >= 11 is -6.04. The number of nitrogens with one attached hydrogen (secondary N) is 2. The Morgan fingerprint density at radius 1 is 0.589 bits per heavy atom. The Hall–Kier alpha value is -3.17. The van der Waals surface area contributed by atoms with Gasteiger partial charge in [-0.1, -0.05) is 0 Å². The molecule has 0 saturated carbocycles. The van der Waals surface area contributed by atoms with Crippen molar-refractivity contribution in [1.82, 2.24) is 10.5 Å². The zero-order chi connectivity index (χ0) is 40.4. The fourth-order valence-electron chi connectivity index (χ4n) is 9.43. The minimum absolute atomic E-state index is 0.0838. The number of rotatable bonds is 15. The van der Waals surface area contributed by atoms with E-state index >= 15 is 0 Å². The van der Waals surface area contributed by atoms with Crippen molar-refractivity contribution in [3.05, 3.63) is 129 Å². The average Bonchev–Trinajstić information content (AvgIpc) is 3.80. The molecule has 0 spiro atoms. The average molecular weight is 868 g/mol. The SMILES string of the molecule is CCCc1ccccc1-c1cccc2c1C=C(C(C)C)[CH]2[Zr]([Cl])([Cl])([B](NC(=O)CC)NC(=O)CC)[CH]1C(C(C)C)=Cc2c(-c3ccccc3CCC)cccc21. The van der Waals surface area contributed by atoms with E-state index in [-0.39, 0.29) is 36.5 Å². The predicted molar refractivity (Wildman–Crippen MR) is 237 cm³/mol. The first kappa shape index (κ1) is 42.4. The first-order chi connectivity index (χ1) is 26.8. The number of amides is 2. The van der Waals surface area contributed by atoms with Gasteiger partial charge in [-0.15, -0.1) is 0 Å². The van der Waals surface area contributed by atoms with E-state index in [4.69, 9.17) is 17.0 Å². The topological polar surface area (TPSA) is 58.2 Å². The number of carbonyl (C=O) groups excluding carboxylic acids is 2. The van der Waals surface area contributed by atoms with E-state index in [1.807, 2.05) is 13.8 Å². The minimum atomic E-state index is -6.04. The molecular weight excluding hydrogens is 809 g/mol. The van der Waals surface area contributed by atoms with Crippen LogP contribution in [0.2, 0.25) is 0 Å². The molecular formula is C48H58BCl2N2O2Zr. The standard InChI is InChI=1S/2C21H23.C6H11BN2O2.2ClH.Zr/c2*1-4-8-16-9-5-6-11-19(16)20-12-7-10-17-13-18(15(2)3)14-21(17)20;1-3-5(10)8-7-9-6(11)4-2;;;/h2*5-7,9-15H,4,8H2,1-3H3;3-4H2,1-2H3,(H-,8,9,10,11);2*1H;/q;;;;;+1/p-1. The molecule has 0 aliphatic heterocycles. The second-order valence-corrected chi connectivity index (χ2v) is 37.8. The second kappa shape index (κ2) is 17.4. The molecule has 2 unspecified atom stereocenters. The molecule has 2 atom stereocenters. The van der Waals surface area contributed by atoms with Crippen LogP contribution in [0.15, 0.2) is 96.1 Å². The van der Waals surface area contributed by atoms with E-state index in [0.29, 0.717) is 0 Å². The fourth-order valence-corrected chi connectivity index (χ4v) is 30.4. The third-order valence-electron chi connectivity index (χ3n) is 12.1. The van der Waals surface area contributed by atoms with Crippen molar-refractivity contribution in [3.8, 4) is 22.3 Å². The Morgan fingerprint density at radius 3 is 1.32 bits per heavy atom. The van der Waals surface area contributed by atoms with Crippen LogP contribution in [0, 0.1) is 11.8 Å². The van der Waals surface area contributed by atoms with Crippen molar-refractivity contribution in [2.75, 3.05) is 0 Å². The molecule has 8 heteroatoms. The quantitative estimate of drug-likeness (QED) is 0.117. The number of benzene rings is 4. The second-order valence-electron chi connectivity index (χ2n) is 16.4. The van der Waals surface area contributed by atoms with Crippen molar-refractivity contribution in [2.45, 2.75) is 101 Å². The van der Waals surface area contributed by atoms with E-state index in [1.54, 1.807) is 0 Å². The Morgan fingerprint density at radius 2 is 0.964 bits per heavy atom. The molecule has 0 fully saturated rings. The van der Waals surface area contributed by atoms with Gasteiger partial charge in [0.2, 0.25) is 0 Å². The van der Waals surface area contributed by atoms with Gasteiger partial charge in [0.1, 0.15) is 0 Å². The van der Waals surface area contributed by atoms with Crippen LogP contribution < -0.4 is 10.5 Å². The number of hydrogen-bond acceptors (Lipinski definition) is 2. The molecule has 6 rings (SSSR count). The molecule has 0 heterocycles. The van der Waals surface area contributed by atoms with Gasteiger partial charge in [0.15, 0.2) is 0 Å². The summed E-state index contributed by atoms with van der Waals surface area (Å²) in [6.07, 6.45) is 9.17. The van der Waals surface area contributed by atoms with Gasteiger partial charge in [0.25, 0.3) is 0 Å². The Balaban J connectivity index is 1.72. The van der Waals surface area contributed by atoms with E-state index in [1.165, 1.54) is 22.3 Å². The summed E-state index contributed by atoms with van der Waals surface area (Å²) in [7, 11) is 17.9. The van der Waals surface area contributed by atoms with Gasteiger partial charge in [-0.05, 0) is 0 Å². The van der Waals surface area contributed by atoms with Crippen LogP contribution in [-0.4, -0.2) is 16.3 Å². The predicted octanol–water partition coefficient (Wildman–Crippen LogP) is 12.8. The summed E-state index contributed by atoms with van der Waals surface area (Å²) < 4.78 is -1.79. The number of aryl methyl sites for hydroxylation is 2. The molecule has 293 valence electrons. The van der Waals surface area contributed by atoms with Crippen LogP contribution in [0.4, 0.5) is 0 Å². The van der Waals surface area contributed by atoms with Crippen LogP contribution in [-0.2, 0) is 38.6 Å². The van der Waals surface area contributed by atoms with Crippen LogP contribution in [0.25, 0.3) is 34.4 Å². The maximum atomic E-state index is 13.7. The van der Waals surface area contributed by atoms with Crippen LogP contribution in [0.3, 0.4) is 0 Å². The number of fused-ring (bicyclic) bond motifs is 2. The summed E-state index contributed by atoms with van der Waals surface area (Å²) in [5.74, 6) is -0.223. The molecule has 4 aromatic rings. The van der Waals surface area contributed by atoms with Crippen LogP contribution in [0.1, 0.15) is 122 Å². The summed E-state index contributed by atoms with van der Waals surface area (Å²) in [4.78, 5) is 27.5. The zero-order valence-corrected chi connectivity index (χ0v) is 38.4. The van der Waals surface area contributed by atoms with E-state index < -0.39 is 27.9 Å². The molecule has 0 bridgehead atoms. The first-order valence-electron chi connectivity index (χ1n) is 20.8. The Bertz CT molecular complexity index is 2040. The summed E-state index contributed by atoms with van der Waals surface area (Å²) in [5, 5.41) is 6.59. The van der Waals surface area contributed by atoms with E-state index in [9.17, 15) is 9.59 Å². The summed E-state index contributed by atoms with van der Waals surface area (Å²) in [5.41, 5.74) is 14.1. The van der Waals surface area contributed by atoms with Crippen LogP contribution >= 0.6 is 17.0 Å². The first-order valence-corrected chi connectivity index (χ1v) is 31.4. The van der Waals surface area contributed by atoms with Gasteiger partial charge in [-0.2, -0.15) is 0 Å². The van der Waals surface area contributed by atoms with Crippen molar-refractivity contribution in [1.29, 1.82) is 0 Å². The molecule has 2 amide bonds. The van der Waals surface area contributed by atoms with Crippen molar-refractivity contribution >= 4 is 45.5 Å². The summed E-state index contributed by atoms with van der Waals surface area (Å²) in [6, 6.07) is 30.5. The molecule has 56 heavy (non-hydrogen) atoms. The molecule has 0 aromatic heterocycles. The van der Waals surface area contributed by atoms with Gasteiger partial charge in [0, 0.05) is 0 Å². The van der Waals surface area contributed by atoms with Gasteiger partial charge >= 0.3 is 346 Å². The third kappa shape index (κ3) is 7.60. The molecule has 2 aliphatic carbocycles.